The molecule has 0 amide bonds. The van der Waals surface area contributed by atoms with Crippen LogP contribution in [0.15, 0.2) is 28.9 Å². The average molecular weight is 163 g/mol. The van der Waals surface area contributed by atoms with Crippen LogP contribution in [0.5, 0.6) is 0 Å². The first-order valence-electron chi connectivity index (χ1n) is 4.20. The molecule has 0 aromatic carbocycles. The third-order valence-electron chi connectivity index (χ3n) is 2.35. The standard InChI is InChI=1S/C10H13NO/c1-8-6-9(12-7-8)10(11)4-2-3-5-10/h2-3,6-7H,4-5,11H2,1H3. The molecule has 12 heavy (non-hydrogen) atoms. The summed E-state index contributed by atoms with van der Waals surface area (Å²) in [6, 6.07) is 2.02. The van der Waals surface area contributed by atoms with E-state index in [0.717, 1.165) is 24.2 Å². The van der Waals surface area contributed by atoms with Crippen LogP contribution in [0.4, 0.5) is 0 Å². The number of hydrogen-bond donors (Lipinski definition) is 1. The van der Waals surface area contributed by atoms with Gasteiger partial charge in [-0.1, -0.05) is 12.2 Å². The number of hydrogen-bond acceptors (Lipinski definition) is 2. The van der Waals surface area contributed by atoms with E-state index in [1.807, 2.05) is 13.0 Å². The maximum atomic E-state index is 6.14. The molecule has 1 heterocycles. The van der Waals surface area contributed by atoms with Crippen molar-refractivity contribution < 1.29 is 4.42 Å². The number of rotatable bonds is 1. The fourth-order valence-electron chi connectivity index (χ4n) is 1.56. The Morgan fingerprint density at radius 2 is 2.08 bits per heavy atom. The van der Waals surface area contributed by atoms with Crippen LogP contribution in [0.2, 0.25) is 0 Å². The van der Waals surface area contributed by atoms with Crippen LogP contribution in [0.1, 0.15) is 24.2 Å². The van der Waals surface area contributed by atoms with E-state index in [1.54, 1.807) is 6.26 Å². The maximum Gasteiger partial charge on any atom is 0.124 e. The molecule has 0 radical (unpaired) electrons. The zero-order valence-corrected chi connectivity index (χ0v) is 7.21. The van der Waals surface area contributed by atoms with Crippen molar-refractivity contribution in [2.45, 2.75) is 25.3 Å². The average Bonchev–Trinajstić information content (AvgIpc) is 2.59. The first-order chi connectivity index (χ1) is 5.71. The molecule has 0 unspecified atom stereocenters. The molecule has 1 aliphatic rings. The second kappa shape index (κ2) is 2.49. The Morgan fingerprint density at radius 3 is 2.58 bits per heavy atom. The largest absolute Gasteiger partial charge is 0.467 e. The summed E-state index contributed by atoms with van der Waals surface area (Å²) >= 11 is 0. The van der Waals surface area contributed by atoms with Crippen LogP contribution in [-0.4, -0.2) is 0 Å². The summed E-state index contributed by atoms with van der Waals surface area (Å²) in [5.74, 6) is 0.907. The molecule has 1 aliphatic carbocycles. The molecule has 2 heteroatoms. The molecular weight excluding hydrogens is 150 g/mol. The van der Waals surface area contributed by atoms with Crippen LogP contribution in [0, 0.1) is 6.92 Å². The lowest BCUT2D eigenvalue weighted by atomic mass is 9.95. The van der Waals surface area contributed by atoms with Gasteiger partial charge in [0.05, 0.1) is 11.8 Å². The van der Waals surface area contributed by atoms with E-state index in [0.29, 0.717) is 0 Å². The fraction of sp³-hybridized carbons (Fsp3) is 0.400. The van der Waals surface area contributed by atoms with Gasteiger partial charge < -0.3 is 10.2 Å². The van der Waals surface area contributed by atoms with Crippen molar-refractivity contribution in [2.24, 2.45) is 5.73 Å². The van der Waals surface area contributed by atoms with Crippen molar-refractivity contribution in [1.82, 2.24) is 0 Å². The molecule has 64 valence electrons. The first kappa shape index (κ1) is 7.62. The summed E-state index contributed by atoms with van der Waals surface area (Å²) in [7, 11) is 0. The van der Waals surface area contributed by atoms with Crippen molar-refractivity contribution in [1.29, 1.82) is 0 Å². The first-order valence-corrected chi connectivity index (χ1v) is 4.20. The van der Waals surface area contributed by atoms with Gasteiger partial charge in [-0.05, 0) is 31.4 Å². The Morgan fingerprint density at radius 1 is 1.42 bits per heavy atom. The SMILES string of the molecule is Cc1coc(C2(N)CC=CC2)c1. The van der Waals surface area contributed by atoms with Crippen molar-refractivity contribution in [3.63, 3.8) is 0 Å². The number of furan rings is 1. The van der Waals surface area contributed by atoms with E-state index in [2.05, 4.69) is 12.2 Å². The van der Waals surface area contributed by atoms with Crippen molar-refractivity contribution >= 4 is 0 Å². The van der Waals surface area contributed by atoms with Crippen LogP contribution in [-0.2, 0) is 5.54 Å². The second-order valence-electron chi connectivity index (χ2n) is 3.52. The molecule has 2 nitrogen and oxygen atoms in total. The Kier molecular flexibility index (Phi) is 1.58. The second-order valence-corrected chi connectivity index (χ2v) is 3.52. The lowest BCUT2D eigenvalue weighted by Crippen LogP contribution is -2.32. The van der Waals surface area contributed by atoms with Gasteiger partial charge in [-0.15, -0.1) is 0 Å². The van der Waals surface area contributed by atoms with E-state index in [1.165, 1.54) is 0 Å². The van der Waals surface area contributed by atoms with Gasteiger partial charge >= 0.3 is 0 Å². The monoisotopic (exact) mass is 163 g/mol. The Labute approximate surface area is 72.1 Å². The van der Waals surface area contributed by atoms with Gasteiger partial charge in [-0.25, -0.2) is 0 Å². The van der Waals surface area contributed by atoms with E-state index < -0.39 is 0 Å². The van der Waals surface area contributed by atoms with Crippen molar-refractivity contribution in [2.75, 3.05) is 0 Å². The maximum absolute atomic E-state index is 6.14. The van der Waals surface area contributed by atoms with Gasteiger partial charge in [-0.3, -0.25) is 0 Å². The third kappa shape index (κ3) is 1.08. The Bertz CT molecular complexity index is 303. The molecule has 0 saturated carbocycles. The number of nitrogens with two attached hydrogens (primary N) is 1. The minimum Gasteiger partial charge on any atom is -0.467 e. The van der Waals surface area contributed by atoms with Gasteiger partial charge in [0, 0.05) is 0 Å². The topological polar surface area (TPSA) is 39.2 Å². The molecule has 0 atom stereocenters. The molecule has 0 fully saturated rings. The molecule has 0 bridgehead atoms. The molecule has 2 rings (SSSR count). The summed E-state index contributed by atoms with van der Waals surface area (Å²) in [6.45, 7) is 2.01. The quantitative estimate of drug-likeness (QED) is 0.644. The smallest absolute Gasteiger partial charge is 0.124 e. The zero-order chi connectivity index (χ0) is 8.60. The molecule has 0 saturated heterocycles. The summed E-state index contributed by atoms with van der Waals surface area (Å²) in [4.78, 5) is 0. The minimum absolute atomic E-state index is 0.270. The Balaban J connectivity index is 2.30. The highest BCUT2D eigenvalue weighted by Crippen LogP contribution is 2.32. The molecule has 0 spiro atoms. The highest BCUT2D eigenvalue weighted by atomic mass is 16.3. The normalized spacial score (nSPS) is 20.2. The molecule has 1 aromatic rings. The highest BCUT2D eigenvalue weighted by molar-refractivity contribution is 5.23. The molecule has 0 aliphatic heterocycles. The van der Waals surface area contributed by atoms with Crippen molar-refractivity contribution in [3.05, 3.63) is 35.8 Å². The number of aryl methyl sites for hydroxylation is 1. The fourth-order valence-corrected chi connectivity index (χ4v) is 1.56. The lowest BCUT2D eigenvalue weighted by molar-refractivity contribution is 0.359. The molecule has 2 N–H and O–H groups in total. The van der Waals surface area contributed by atoms with Gasteiger partial charge in [0.15, 0.2) is 0 Å². The van der Waals surface area contributed by atoms with E-state index >= 15 is 0 Å². The van der Waals surface area contributed by atoms with Crippen LogP contribution in [0.3, 0.4) is 0 Å². The molecular formula is C10H13NO. The summed E-state index contributed by atoms with van der Waals surface area (Å²) in [5.41, 5.74) is 7.01. The predicted octanol–water partition coefficient (Wildman–Crippen LogP) is 2.09. The van der Waals surface area contributed by atoms with E-state index in [4.69, 9.17) is 10.2 Å². The van der Waals surface area contributed by atoms with Crippen LogP contribution >= 0.6 is 0 Å². The van der Waals surface area contributed by atoms with Crippen molar-refractivity contribution in [3.8, 4) is 0 Å². The highest BCUT2D eigenvalue weighted by Gasteiger charge is 2.30. The van der Waals surface area contributed by atoms with E-state index in [9.17, 15) is 0 Å². The molecule has 1 aromatic heterocycles. The van der Waals surface area contributed by atoms with Crippen LogP contribution in [0.25, 0.3) is 0 Å². The zero-order valence-electron chi connectivity index (χ0n) is 7.21. The predicted molar refractivity (Wildman–Crippen MR) is 47.7 cm³/mol. The van der Waals surface area contributed by atoms with Gasteiger partial charge in [0.25, 0.3) is 0 Å². The lowest BCUT2D eigenvalue weighted by Gasteiger charge is -2.19. The minimum atomic E-state index is -0.270. The summed E-state index contributed by atoms with van der Waals surface area (Å²) in [5, 5.41) is 0. The van der Waals surface area contributed by atoms with Gasteiger partial charge in [0.1, 0.15) is 5.76 Å². The van der Waals surface area contributed by atoms with E-state index in [-0.39, 0.29) is 5.54 Å². The van der Waals surface area contributed by atoms with Gasteiger partial charge in [-0.2, -0.15) is 0 Å². The van der Waals surface area contributed by atoms with Gasteiger partial charge in [0.2, 0.25) is 0 Å². The third-order valence-corrected chi connectivity index (χ3v) is 2.35. The summed E-state index contributed by atoms with van der Waals surface area (Å²) in [6.07, 6.45) is 7.75. The summed E-state index contributed by atoms with van der Waals surface area (Å²) < 4.78 is 5.39. The van der Waals surface area contributed by atoms with Crippen LogP contribution < -0.4 is 5.73 Å². The Hall–Kier alpha value is -1.02.